The standard InChI is InChI=1S/C23H29N3O3/c1-16-15-21(17(2)26(16)20-9-10-20)23(28)29-18(3)22(27)25-13-11-24(12-14-25)19-7-5-4-6-8-19/h4-8,15,18,20H,9-14H2,1-3H3/t18-/m0/s1. The van der Waals surface area contributed by atoms with Crippen LogP contribution in [-0.2, 0) is 9.53 Å². The minimum Gasteiger partial charge on any atom is -0.449 e. The van der Waals surface area contributed by atoms with Crippen molar-refractivity contribution in [1.29, 1.82) is 0 Å². The Morgan fingerprint density at radius 1 is 1.03 bits per heavy atom. The number of piperazine rings is 1. The van der Waals surface area contributed by atoms with Crippen molar-refractivity contribution in [1.82, 2.24) is 9.47 Å². The number of esters is 1. The van der Waals surface area contributed by atoms with E-state index in [4.69, 9.17) is 4.74 Å². The molecule has 0 N–H and O–H groups in total. The summed E-state index contributed by atoms with van der Waals surface area (Å²) in [4.78, 5) is 29.6. The van der Waals surface area contributed by atoms with Gasteiger partial charge in [-0.3, -0.25) is 4.79 Å². The van der Waals surface area contributed by atoms with E-state index in [1.54, 1.807) is 11.8 Å². The molecule has 6 nitrogen and oxygen atoms in total. The highest BCUT2D eigenvalue weighted by atomic mass is 16.5. The van der Waals surface area contributed by atoms with Gasteiger partial charge in [-0.25, -0.2) is 4.79 Å². The van der Waals surface area contributed by atoms with E-state index in [1.807, 2.05) is 38.1 Å². The third-order valence-corrected chi connectivity index (χ3v) is 5.96. The Morgan fingerprint density at radius 3 is 2.31 bits per heavy atom. The van der Waals surface area contributed by atoms with E-state index < -0.39 is 12.1 Å². The molecule has 1 saturated carbocycles. The number of aryl methyl sites for hydroxylation is 1. The van der Waals surface area contributed by atoms with E-state index in [-0.39, 0.29) is 5.91 Å². The maximum absolute atomic E-state index is 12.8. The number of aromatic nitrogens is 1. The van der Waals surface area contributed by atoms with Crippen LogP contribution in [0.25, 0.3) is 0 Å². The van der Waals surface area contributed by atoms with Crippen molar-refractivity contribution in [2.45, 2.75) is 45.8 Å². The van der Waals surface area contributed by atoms with Crippen LogP contribution in [0.2, 0.25) is 0 Å². The van der Waals surface area contributed by atoms with Crippen LogP contribution >= 0.6 is 0 Å². The van der Waals surface area contributed by atoms with E-state index >= 15 is 0 Å². The SMILES string of the molecule is Cc1cc(C(=O)O[C@@H](C)C(=O)N2CCN(c3ccccc3)CC2)c(C)n1C1CC1. The zero-order valence-electron chi connectivity index (χ0n) is 17.4. The number of para-hydroxylation sites is 1. The van der Waals surface area contributed by atoms with Gasteiger partial charge in [0.25, 0.3) is 5.91 Å². The molecule has 2 heterocycles. The summed E-state index contributed by atoms with van der Waals surface area (Å²) in [5, 5.41) is 0. The Kier molecular flexibility index (Phi) is 5.35. The topological polar surface area (TPSA) is 54.8 Å². The third kappa shape index (κ3) is 4.02. The van der Waals surface area contributed by atoms with Gasteiger partial charge < -0.3 is 19.1 Å². The fourth-order valence-corrected chi connectivity index (χ4v) is 4.23. The molecule has 2 aromatic rings. The van der Waals surface area contributed by atoms with E-state index in [1.165, 1.54) is 5.69 Å². The number of amides is 1. The first kappa shape index (κ1) is 19.6. The molecule has 1 aliphatic carbocycles. The Hall–Kier alpha value is -2.76. The lowest BCUT2D eigenvalue weighted by molar-refractivity contribution is -0.140. The van der Waals surface area contributed by atoms with Crippen molar-refractivity contribution >= 4 is 17.6 Å². The fraction of sp³-hybridized carbons (Fsp3) is 0.478. The second-order valence-electron chi connectivity index (χ2n) is 8.08. The van der Waals surface area contributed by atoms with E-state index in [9.17, 15) is 9.59 Å². The number of rotatable bonds is 5. The van der Waals surface area contributed by atoms with Crippen molar-refractivity contribution in [2.75, 3.05) is 31.1 Å². The van der Waals surface area contributed by atoms with Crippen LogP contribution in [0, 0.1) is 13.8 Å². The predicted octanol–water partition coefficient (Wildman–Crippen LogP) is 3.33. The van der Waals surface area contributed by atoms with Crippen molar-refractivity contribution in [3.63, 3.8) is 0 Å². The molecule has 1 aromatic heterocycles. The van der Waals surface area contributed by atoms with E-state index in [0.717, 1.165) is 37.3 Å². The zero-order valence-corrected chi connectivity index (χ0v) is 17.4. The number of benzene rings is 1. The quantitative estimate of drug-likeness (QED) is 0.729. The van der Waals surface area contributed by atoms with Crippen LogP contribution in [0.5, 0.6) is 0 Å². The van der Waals surface area contributed by atoms with Gasteiger partial charge in [0.15, 0.2) is 6.10 Å². The lowest BCUT2D eigenvalue weighted by atomic mass is 10.2. The summed E-state index contributed by atoms with van der Waals surface area (Å²) in [6.45, 7) is 8.46. The molecule has 2 aliphatic rings. The molecule has 0 radical (unpaired) electrons. The van der Waals surface area contributed by atoms with Gasteiger partial charge in [-0.2, -0.15) is 0 Å². The first-order chi connectivity index (χ1) is 14.0. The van der Waals surface area contributed by atoms with Crippen molar-refractivity contribution in [3.8, 4) is 0 Å². The first-order valence-corrected chi connectivity index (χ1v) is 10.4. The summed E-state index contributed by atoms with van der Waals surface area (Å²) in [6, 6.07) is 12.6. The van der Waals surface area contributed by atoms with Crippen LogP contribution in [-0.4, -0.2) is 53.6 Å². The number of hydrogen-bond acceptors (Lipinski definition) is 4. The molecule has 29 heavy (non-hydrogen) atoms. The van der Waals surface area contributed by atoms with Crippen LogP contribution in [0.15, 0.2) is 36.4 Å². The Balaban J connectivity index is 1.34. The number of carbonyl (C=O) groups is 2. The predicted molar refractivity (Wildman–Crippen MR) is 112 cm³/mol. The van der Waals surface area contributed by atoms with Gasteiger partial charge in [-0.05, 0) is 51.8 Å². The molecular formula is C23H29N3O3. The molecule has 154 valence electrons. The molecule has 1 saturated heterocycles. The molecule has 1 aliphatic heterocycles. The molecule has 6 heteroatoms. The van der Waals surface area contributed by atoms with Gasteiger partial charge in [0, 0.05) is 49.3 Å². The fourth-order valence-electron chi connectivity index (χ4n) is 4.23. The molecule has 0 bridgehead atoms. The number of hydrogen-bond donors (Lipinski definition) is 0. The van der Waals surface area contributed by atoms with Crippen LogP contribution < -0.4 is 4.90 Å². The van der Waals surface area contributed by atoms with Gasteiger partial charge in [-0.1, -0.05) is 18.2 Å². The lowest BCUT2D eigenvalue weighted by Gasteiger charge is -2.37. The second kappa shape index (κ2) is 7.93. The minimum atomic E-state index is -0.783. The van der Waals surface area contributed by atoms with Crippen LogP contribution in [0.4, 0.5) is 5.69 Å². The molecule has 1 atom stereocenters. The first-order valence-electron chi connectivity index (χ1n) is 10.4. The molecule has 2 fully saturated rings. The average molecular weight is 396 g/mol. The van der Waals surface area contributed by atoms with E-state index in [2.05, 4.69) is 21.6 Å². The summed E-state index contributed by atoms with van der Waals surface area (Å²) < 4.78 is 7.77. The number of nitrogens with zero attached hydrogens (tertiary/aromatic N) is 3. The van der Waals surface area contributed by atoms with E-state index in [0.29, 0.717) is 24.7 Å². The van der Waals surface area contributed by atoms with Gasteiger partial charge >= 0.3 is 5.97 Å². The molecule has 0 spiro atoms. The minimum absolute atomic E-state index is 0.123. The Bertz CT molecular complexity index is 894. The molecule has 4 rings (SSSR count). The number of ether oxygens (including phenoxy) is 1. The second-order valence-corrected chi connectivity index (χ2v) is 8.08. The molecular weight excluding hydrogens is 366 g/mol. The summed E-state index contributed by atoms with van der Waals surface area (Å²) in [7, 11) is 0. The van der Waals surface area contributed by atoms with Gasteiger partial charge in [0.05, 0.1) is 5.56 Å². The van der Waals surface area contributed by atoms with Gasteiger partial charge in [0.2, 0.25) is 0 Å². The van der Waals surface area contributed by atoms with Gasteiger partial charge in [0.1, 0.15) is 0 Å². The smallest absolute Gasteiger partial charge is 0.340 e. The maximum atomic E-state index is 12.8. The number of carbonyl (C=O) groups excluding carboxylic acids is 2. The molecule has 1 aromatic carbocycles. The lowest BCUT2D eigenvalue weighted by Crippen LogP contribution is -2.51. The highest BCUT2D eigenvalue weighted by molar-refractivity contribution is 5.93. The van der Waals surface area contributed by atoms with Crippen LogP contribution in [0.3, 0.4) is 0 Å². The van der Waals surface area contributed by atoms with Crippen LogP contribution in [0.1, 0.15) is 47.6 Å². The van der Waals surface area contributed by atoms with Gasteiger partial charge in [-0.15, -0.1) is 0 Å². The normalized spacial score (nSPS) is 17.9. The third-order valence-electron chi connectivity index (χ3n) is 5.96. The number of anilines is 1. The largest absolute Gasteiger partial charge is 0.449 e. The summed E-state index contributed by atoms with van der Waals surface area (Å²) >= 11 is 0. The highest BCUT2D eigenvalue weighted by Crippen LogP contribution is 2.38. The summed E-state index contributed by atoms with van der Waals surface area (Å²) in [5.41, 5.74) is 3.76. The molecule has 0 unspecified atom stereocenters. The van der Waals surface area contributed by atoms with Crippen molar-refractivity contribution < 1.29 is 14.3 Å². The Morgan fingerprint density at radius 2 is 1.69 bits per heavy atom. The summed E-state index contributed by atoms with van der Waals surface area (Å²) in [5.74, 6) is -0.532. The maximum Gasteiger partial charge on any atom is 0.340 e. The summed E-state index contributed by atoms with van der Waals surface area (Å²) in [6.07, 6.45) is 1.54. The molecule has 1 amide bonds. The Labute approximate surface area is 172 Å². The monoisotopic (exact) mass is 395 g/mol. The zero-order chi connectivity index (χ0) is 20.5. The van der Waals surface area contributed by atoms with Crippen molar-refractivity contribution in [3.05, 3.63) is 53.3 Å². The average Bonchev–Trinajstić information content (AvgIpc) is 3.52. The van der Waals surface area contributed by atoms with Crippen molar-refractivity contribution in [2.24, 2.45) is 0 Å². The highest BCUT2D eigenvalue weighted by Gasteiger charge is 2.31.